The first-order chi connectivity index (χ1) is 12.0. The number of hydrogen-bond donors (Lipinski definition) is 0. The molecule has 0 bridgehead atoms. The van der Waals surface area contributed by atoms with E-state index in [1.807, 2.05) is 17.0 Å². The van der Waals surface area contributed by atoms with Crippen LogP contribution < -0.4 is 0 Å². The molecule has 0 amide bonds. The molecule has 0 aromatic heterocycles. The molecule has 1 unspecified atom stereocenters. The average Bonchev–Trinajstić information content (AvgIpc) is 2.89. The zero-order valence-electron chi connectivity index (χ0n) is 13.0. The van der Waals surface area contributed by atoms with Gasteiger partial charge in [-0.1, -0.05) is 41.4 Å². The highest BCUT2D eigenvalue weighted by molar-refractivity contribution is 7.90. The van der Waals surface area contributed by atoms with E-state index in [-0.39, 0.29) is 11.0 Å². The lowest BCUT2D eigenvalue weighted by atomic mass is 10.1. The molecule has 2 aliphatic heterocycles. The minimum Gasteiger partial charge on any atom is -0.370 e. The van der Waals surface area contributed by atoms with Crippen LogP contribution in [0.4, 0.5) is 0 Å². The molecule has 5 nitrogen and oxygen atoms in total. The zero-order valence-corrected chi connectivity index (χ0v) is 15.4. The number of hydrogen-bond acceptors (Lipinski definition) is 4. The van der Waals surface area contributed by atoms with Gasteiger partial charge < -0.3 is 9.64 Å². The van der Waals surface area contributed by atoms with Crippen molar-refractivity contribution in [2.75, 3.05) is 19.7 Å². The largest absolute Gasteiger partial charge is 0.370 e. The van der Waals surface area contributed by atoms with Crippen molar-refractivity contribution in [1.29, 1.82) is 0 Å². The lowest BCUT2D eigenvalue weighted by Gasteiger charge is -2.34. The fourth-order valence-corrected chi connectivity index (χ4v) is 4.61. The zero-order chi connectivity index (χ0) is 17.6. The van der Waals surface area contributed by atoms with E-state index in [9.17, 15) is 8.42 Å². The van der Waals surface area contributed by atoms with Gasteiger partial charge in [0.25, 0.3) is 10.0 Å². The summed E-state index contributed by atoms with van der Waals surface area (Å²) in [7, 11) is -3.63. The molecular weight excluding hydrogens is 383 g/mol. The van der Waals surface area contributed by atoms with Crippen LogP contribution in [0.25, 0.3) is 0 Å². The number of sulfonamides is 1. The van der Waals surface area contributed by atoms with Gasteiger partial charge in [0.1, 0.15) is 11.0 Å². The maximum absolute atomic E-state index is 12.3. The van der Waals surface area contributed by atoms with E-state index < -0.39 is 10.0 Å². The fourth-order valence-electron chi connectivity index (χ4n) is 3.07. The van der Waals surface area contributed by atoms with Crippen LogP contribution in [0.1, 0.15) is 17.2 Å². The minimum absolute atomic E-state index is 0.235. The summed E-state index contributed by atoms with van der Waals surface area (Å²) in [6.07, 6.45) is -0.235. The molecule has 1 fully saturated rings. The van der Waals surface area contributed by atoms with E-state index in [4.69, 9.17) is 27.9 Å². The third-order valence-electron chi connectivity index (χ3n) is 4.29. The van der Waals surface area contributed by atoms with E-state index in [1.54, 1.807) is 30.3 Å². The molecule has 1 saturated heterocycles. The predicted molar refractivity (Wildman–Crippen MR) is 96.9 cm³/mol. The molecule has 4 rings (SSSR count). The summed E-state index contributed by atoms with van der Waals surface area (Å²) in [4.78, 5) is 2.20. The standard InChI is InChI=1S/C17H14Cl2N2O3S/c18-13-6-5-11(9-14(13)19)15-10-21(7-8-24-15)17-12-3-1-2-4-16(12)25(22,23)20-17/h1-6,9,15H,7-8,10H2. The molecule has 0 aliphatic carbocycles. The maximum Gasteiger partial charge on any atom is 0.285 e. The van der Waals surface area contributed by atoms with Crippen molar-refractivity contribution in [2.45, 2.75) is 11.0 Å². The average molecular weight is 397 g/mol. The SMILES string of the molecule is O=S1(=O)N=C(N2CCOC(c3ccc(Cl)c(Cl)c3)C2)c2ccccc21. The highest BCUT2D eigenvalue weighted by atomic mass is 35.5. The van der Waals surface area contributed by atoms with Gasteiger partial charge in [-0.2, -0.15) is 8.42 Å². The van der Waals surface area contributed by atoms with Gasteiger partial charge in [0.15, 0.2) is 5.84 Å². The van der Waals surface area contributed by atoms with Gasteiger partial charge in [0.2, 0.25) is 0 Å². The van der Waals surface area contributed by atoms with Gasteiger partial charge in [0.05, 0.1) is 16.7 Å². The van der Waals surface area contributed by atoms with Crippen LogP contribution in [-0.2, 0) is 14.8 Å². The third-order valence-corrected chi connectivity index (χ3v) is 6.36. The van der Waals surface area contributed by atoms with E-state index >= 15 is 0 Å². The maximum atomic E-state index is 12.3. The first-order valence-corrected chi connectivity index (χ1v) is 9.91. The van der Waals surface area contributed by atoms with Crippen LogP contribution in [0, 0.1) is 0 Å². The predicted octanol–water partition coefficient (Wildman–Crippen LogP) is 3.52. The Bertz CT molecular complexity index is 976. The summed E-state index contributed by atoms with van der Waals surface area (Å²) in [6, 6.07) is 12.2. The molecule has 2 aliphatic rings. The molecule has 25 heavy (non-hydrogen) atoms. The Balaban J connectivity index is 1.65. The molecule has 0 saturated carbocycles. The van der Waals surface area contributed by atoms with Crippen molar-refractivity contribution >= 4 is 39.1 Å². The Morgan fingerprint density at radius 2 is 1.92 bits per heavy atom. The normalized spacial score (nSPS) is 21.8. The molecule has 2 aromatic rings. The van der Waals surface area contributed by atoms with Crippen molar-refractivity contribution in [3.63, 3.8) is 0 Å². The molecule has 0 spiro atoms. The third kappa shape index (κ3) is 3.04. The number of amidine groups is 1. The van der Waals surface area contributed by atoms with Crippen molar-refractivity contribution in [3.8, 4) is 0 Å². The Labute approximate surface area is 155 Å². The van der Waals surface area contributed by atoms with Crippen LogP contribution in [-0.4, -0.2) is 38.8 Å². The molecular formula is C17H14Cl2N2O3S. The van der Waals surface area contributed by atoms with Crippen LogP contribution in [0.15, 0.2) is 51.8 Å². The number of fused-ring (bicyclic) bond motifs is 1. The second-order valence-electron chi connectivity index (χ2n) is 5.87. The molecule has 2 aromatic carbocycles. The summed E-state index contributed by atoms with van der Waals surface area (Å²) in [6.45, 7) is 1.52. The van der Waals surface area contributed by atoms with Crippen LogP contribution in [0.2, 0.25) is 10.0 Å². The quantitative estimate of drug-likeness (QED) is 0.739. The van der Waals surface area contributed by atoms with Crippen molar-refractivity contribution in [1.82, 2.24) is 4.90 Å². The van der Waals surface area contributed by atoms with Gasteiger partial charge in [-0.25, -0.2) is 0 Å². The smallest absolute Gasteiger partial charge is 0.285 e. The molecule has 1 atom stereocenters. The molecule has 130 valence electrons. The number of benzene rings is 2. The summed E-state index contributed by atoms with van der Waals surface area (Å²) in [5.41, 5.74) is 1.53. The van der Waals surface area contributed by atoms with Crippen LogP contribution in [0.5, 0.6) is 0 Å². The number of morpholine rings is 1. The van der Waals surface area contributed by atoms with E-state index in [2.05, 4.69) is 4.40 Å². The van der Waals surface area contributed by atoms with Gasteiger partial charge in [-0.15, -0.1) is 4.40 Å². The summed E-state index contributed by atoms with van der Waals surface area (Å²) >= 11 is 12.1. The second-order valence-corrected chi connectivity index (χ2v) is 8.25. The van der Waals surface area contributed by atoms with E-state index in [1.165, 1.54) is 0 Å². The Kier molecular flexibility index (Phi) is 4.24. The molecule has 0 N–H and O–H groups in total. The lowest BCUT2D eigenvalue weighted by molar-refractivity contribution is -0.00662. The first-order valence-electron chi connectivity index (χ1n) is 7.71. The number of halogens is 2. The molecule has 8 heteroatoms. The summed E-state index contributed by atoms with van der Waals surface area (Å²) in [5, 5.41) is 0.948. The highest BCUT2D eigenvalue weighted by Crippen LogP contribution is 2.32. The van der Waals surface area contributed by atoms with Crippen LogP contribution in [0.3, 0.4) is 0 Å². The summed E-state index contributed by atoms with van der Waals surface area (Å²) in [5.74, 6) is 0.476. The fraction of sp³-hybridized carbons (Fsp3) is 0.235. The monoisotopic (exact) mass is 396 g/mol. The Morgan fingerprint density at radius 3 is 2.72 bits per heavy atom. The van der Waals surface area contributed by atoms with Gasteiger partial charge in [-0.05, 0) is 29.8 Å². The second kappa shape index (κ2) is 6.29. The van der Waals surface area contributed by atoms with Crippen molar-refractivity contribution in [3.05, 3.63) is 63.6 Å². The van der Waals surface area contributed by atoms with Crippen LogP contribution >= 0.6 is 23.2 Å². The van der Waals surface area contributed by atoms with Gasteiger partial charge in [0, 0.05) is 18.7 Å². The minimum atomic E-state index is -3.63. The van der Waals surface area contributed by atoms with E-state index in [0.717, 1.165) is 5.56 Å². The van der Waals surface area contributed by atoms with E-state index in [0.29, 0.717) is 41.1 Å². The Hall–Kier alpha value is -1.60. The highest BCUT2D eigenvalue weighted by Gasteiger charge is 2.34. The van der Waals surface area contributed by atoms with Crippen molar-refractivity contribution < 1.29 is 13.2 Å². The summed E-state index contributed by atoms with van der Waals surface area (Å²) < 4.78 is 34.3. The lowest BCUT2D eigenvalue weighted by Crippen LogP contribution is -2.42. The molecule has 0 radical (unpaired) electrons. The van der Waals surface area contributed by atoms with Gasteiger partial charge in [-0.3, -0.25) is 0 Å². The number of nitrogens with zero attached hydrogens (tertiary/aromatic N) is 2. The van der Waals surface area contributed by atoms with Gasteiger partial charge >= 0.3 is 0 Å². The Morgan fingerprint density at radius 1 is 1.12 bits per heavy atom. The van der Waals surface area contributed by atoms with Crippen molar-refractivity contribution in [2.24, 2.45) is 4.40 Å². The number of rotatable bonds is 1. The number of ether oxygens (including phenoxy) is 1. The topological polar surface area (TPSA) is 59.0 Å². The first kappa shape index (κ1) is 16.8. The molecule has 2 heterocycles.